The van der Waals surface area contributed by atoms with E-state index in [2.05, 4.69) is 6.58 Å². The summed E-state index contributed by atoms with van der Waals surface area (Å²) in [6.07, 6.45) is -0.387. The highest BCUT2D eigenvalue weighted by molar-refractivity contribution is 4.86. The third-order valence-electron chi connectivity index (χ3n) is 2.33. The van der Waals surface area contributed by atoms with Crippen LogP contribution < -0.4 is 0 Å². The zero-order valence-corrected chi connectivity index (χ0v) is 8.58. The molecule has 0 aromatic rings. The lowest BCUT2D eigenvalue weighted by Crippen LogP contribution is -2.34. The number of unbranched alkanes of at least 4 members (excludes halogenated alkanes) is 1. The second kappa shape index (κ2) is 6.19. The fraction of sp³-hybridized carbons (Fsp3) is 0.800. The molecular formula is C10H18O5. The summed E-state index contributed by atoms with van der Waals surface area (Å²) in [6, 6.07) is 0. The average Bonchev–Trinajstić information content (AvgIpc) is 2.52. The Bertz CT molecular complexity index is 196. The fourth-order valence-electron chi connectivity index (χ4n) is 1.43. The number of rotatable bonds is 6. The number of hydrogen-bond acceptors (Lipinski definition) is 5. The molecule has 1 aliphatic heterocycles. The van der Waals surface area contributed by atoms with Crippen molar-refractivity contribution >= 4 is 0 Å². The van der Waals surface area contributed by atoms with Crippen molar-refractivity contribution in [3.63, 3.8) is 0 Å². The van der Waals surface area contributed by atoms with E-state index in [1.165, 1.54) is 0 Å². The predicted molar refractivity (Wildman–Crippen MR) is 53.1 cm³/mol. The van der Waals surface area contributed by atoms with Gasteiger partial charge in [-0.15, -0.1) is 6.58 Å². The van der Waals surface area contributed by atoms with E-state index in [1.54, 1.807) is 6.08 Å². The van der Waals surface area contributed by atoms with Crippen molar-refractivity contribution in [1.29, 1.82) is 0 Å². The summed E-state index contributed by atoms with van der Waals surface area (Å²) in [5.74, 6) is 0. The van der Waals surface area contributed by atoms with E-state index in [4.69, 9.17) is 14.6 Å². The summed E-state index contributed by atoms with van der Waals surface area (Å²) in [4.78, 5) is 0. The first-order chi connectivity index (χ1) is 7.20. The Morgan fingerprint density at radius 1 is 1.33 bits per heavy atom. The Morgan fingerprint density at radius 3 is 2.60 bits per heavy atom. The molecule has 15 heavy (non-hydrogen) atoms. The number of ether oxygens (including phenoxy) is 2. The highest BCUT2D eigenvalue weighted by Crippen LogP contribution is 2.21. The highest BCUT2D eigenvalue weighted by atomic mass is 16.7. The zero-order chi connectivity index (χ0) is 11.3. The minimum Gasteiger partial charge on any atom is -0.394 e. The summed E-state index contributed by atoms with van der Waals surface area (Å²) in [6.45, 7) is 3.67. The van der Waals surface area contributed by atoms with Crippen LogP contribution in [0.15, 0.2) is 12.7 Å². The minimum atomic E-state index is -1.09. The van der Waals surface area contributed by atoms with Gasteiger partial charge in [0.25, 0.3) is 0 Å². The summed E-state index contributed by atoms with van der Waals surface area (Å²) in [5, 5.41) is 27.7. The third kappa shape index (κ3) is 3.25. The van der Waals surface area contributed by atoms with Crippen molar-refractivity contribution < 1.29 is 24.8 Å². The molecule has 1 aliphatic rings. The number of aliphatic hydroxyl groups is 3. The summed E-state index contributed by atoms with van der Waals surface area (Å²) in [5.41, 5.74) is 0. The standard InChI is InChI=1S/C10H18O5/c1-2-3-4-5-14-10-9(13)8(12)7(6-11)15-10/h2,7-13H,1,3-6H2/t7-,8-,9-,10-/m1/s1. The molecule has 0 aromatic carbocycles. The maximum absolute atomic E-state index is 9.48. The summed E-state index contributed by atoms with van der Waals surface area (Å²) in [7, 11) is 0. The van der Waals surface area contributed by atoms with Crippen LogP contribution in [0.1, 0.15) is 12.8 Å². The molecule has 0 radical (unpaired) electrons. The van der Waals surface area contributed by atoms with E-state index >= 15 is 0 Å². The van der Waals surface area contributed by atoms with Crippen LogP contribution in [0.2, 0.25) is 0 Å². The quantitative estimate of drug-likeness (QED) is 0.410. The average molecular weight is 218 g/mol. The first-order valence-electron chi connectivity index (χ1n) is 5.05. The van der Waals surface area contributed by atoms with Crippen LogP contribution in [0.25, 0.3) is 0 Å². The molecule has 0 unspecified atom stereocenters. The van der Waals surface area contributed by atoms with E-state index in [0.29, 0.717) is 6.61 Å². The van der Waals surface area contributed by atoms with Crippen molar-refractivity contribution in [2.24, 2.45) is 0 Å². The maximum atomic E-state index is 9.48. The van der Waals surface area contributed by atoms with Gasteiger partial charge >= 0.3 is 0 Å². The van der Waals surface area contributed by atoms with Crippen molar-refractivity contribution in [2.75, 3.05) is 13.2 Å². The zero-order valence-electron chi connectivity index (χ0n) is 8.58. The Balaban J connectivity index is 2.27. The molecule has 4 atom stereocenters. The van der Waals surface area contributed by atoms with E-state index in [9.17, 15) is 10.2 Å². The van der Waals surface area contributed by atoms with Crippen LogP contribution in [-0.4, -0.2) is 53.1 Å². The monoisotopic (exact) mass is 218 g/mol. The molecule has 5 nitrogen and oxygen atoms in total. The van der Waals surface area contributed by atoms with Gasteiger partial charge in [-0.25, -0.2) is 0 Å². The smallest absolute Gasteiger partial charge is 0.186 e. The van der Waals surface area contributed by atoms with Crippen molar-refractivity contribution in [3.8, 4) is 0 Å². The summed E-state index contributed by atoms with van der Waals surface area (Å²) < 4.78 is 10.3. The molecular weight excluding hydrogens is 200 g/mol. The number of aliphatic hydroxyl groups excluding tert-OH is 3. The van der Waals surface area contributed by atoms with Gasteiger partial charge in [-0.3, -0.25) is 0 Å². The molecule has 0 bridgehead atoms. The van der Waals surface area contributed by atoms with Crippen molar-refractivity contribution in [3.05, 3.63) is 12.7 Å². The lowest BCUT2D eigenvalue weighted by Gasteiger charge is -2.14. The molecule has 5 heteroatoms. The lowest BCUT2D eigenvalue weighted by molar-refractivity contribution is -0.169. The Morgan fingerprint density at radius 2 is 2.07 bits per heavy atom. The molecule has 1 heterocycles. The van der Waals surface area contributed by atoms with Crippen molar-refractivity contribution in [1.82, 2.24) is 0 Å². The van der Waals surface area contributed by atoms with Crippen LogP contribution in [0, 0.1) is 0 Å². The van der Waals surface area contributed by atoms with E-state index in [-0.39, 0.29) is 6.61 Å². The van der Waals surface area contributed by atoms with Crippen LogP contribution in [0.5, 0.6) is 0 Å². The first-order valence-corrected chi connectivity index (χ1v) is 5.05. The molecule has 0 aliphatic carbocycles. The predicted octanol–water partition coefficient (Wildman–Crippen LogP) is -0.592. The lowest BCUT2D eigenvalue weighted by atomic mass is 10.1. The second-order valence-electron chi connectivity index (χ2n) is 3.51. The van der Waals surface area contributed by atoms with Gasteiger partial charge in [0.1, 0.15) is 18.3 Å². The van der Waals surface area contributed by atoms with Gasteiger partial charge in [0, 0.05) is 0 Å². The fourth-order valence-corrected chi connectivity index (χ4v) is 1.43. The molecule has 0 saturated carbocycles. The molecule has 0 amide bonds. The molecule has 88 valence electrons. The minimum absolute atomic E-state index is 0.329. The van der Waals surface area contributed by atoms with Gasteiger partial charge in [0.2, 0.25) is 0 Å². The normalized spacial score (nSPS) is 35.7. The second-order valence-corrected chi connectivity index (χ2v) is 3.51. The van der Waals surface area contributed by atoms with E-state index < -0.39 is 24.6 Å². The van der Waals surface area contributed by atoms with E-state index in [1.807, 2.05) is 0 Å². The summed E-state index contributed by atoms with van der Waals surface area (Å²) >= 11 is 0. The van der Waals surface area contributed by atoms with Gasteiger partial charge in [0.05, 0.1) is 13.2 Å². The van der Waals surface area contributed by atoms with Gasteiger partial charge < -0.3 is 24.8 Å². The van der Waals surface area contributed by atoms with Crippen LogP contribution in [-0.2, 0) is 9.47 Å². The van der Waals surface area contributed by atoms with E-state index in [0.717, 1.165) is 12.8 Å². The molecule has 3 N–H and O–H groups in total. The topological polar surface area (TPSA) is 79.2 Å². The Labute approximate surface area is 88.9 Å². The maximum Gasteiger partial charge on any atom is 0.186 e. The van der Waals surface area contributed by atoms with Gasteiger partial charge in [-0.1, -0.05) is 6.08 Å². The van der Waals surface area contributed by atoms with Crippen LogP contribution >= 0.6 is 0 Å². The highest BCUT2D eigenvalue weighted by Gasteiger charge is 2.42. The molecule has 1 fully saturated rings. The third-order valence-corrected chi connectivity index (χ3v) is 2.33. The van der Waals surface area contributed by atoms with Crippen LogP contribution in [0.4, 0.5) is 0 Å². The Kier molecular flexibility index (Phi) is 5.21. The van der Waals surface area contributed by atoms with Crippen molar-refractivity contribution in [2.45, 2.75) is 37.4 Å². The van der Waals surface area contributed by atoms with Gasteiger partial charge in [0.15, 0.2) is 6.29 Å². The van der Waals surface area contributed by atoms with Gasteiger partial charge in [-0.2, -0.15) is 0 Å². The van der Waals surface area contributed by atoms with Crippen LogP contribution in [0.3, 0.4) is 0 Å². The SMILES string of the molecule is C=CCCCO[C@@H]1O[C@H](CO)[C@@H](O)[C@H]1O. The molecule has 1 rings (SSSR count). The largest absolute Gasteiger partial charge is 0.394 e. The number of hydrogen-bond donors (Lipinski definition) is 3. The van der Waals surface area contributed by atoms with Gasteiger partial charge in [-0.05, 0) is 12.8 Å². The number of allylic oxidation sites excluding steroid dienone is 1. The first kappa shape index (κ1) is 12.6. The molecule has 0 aromatic heterocycles. The molecule has 1 saturated heterocycles. The Hall–Kier alpha value is -0.460. The molecule has 0 spiro atoms.